The van der Waals surface area contributed by atoms with Crippen LogP contribution in [0.2, 0.25) is 0 Å². The molecule has 0 aliphatic heterocycles. The molecule has 0 bridgehead atoms. The van der Waals surface area contributed by atoms with Gasteiger partial charge in [-0.05, 0) is 61.3 Å². The Labute approximate surface area is 200 Å². The van der Waals surface area contributed by atoms with Gasteiger partial charge < -0.3 is 20.3 Å². The van der Waals surface area contributed by atoms with E-state index in [0.717, 1.165) is 28.2 Å². The molecule has 5 nitrogen and oxygen atoms in total. The van der Waals surface area contributed by atoms with E-state index in [-0.39, 0.29) is 35.8 Å². The molecule has 2 rings (SSSR count). The van der Waals surface area contributed by atoms with E-state index in [1.165, 1.54) is 6.07 Å². The number of aliphatic imine (C=N–C) groups is 1. The molecule has 2 N–H and O–H groups in total. The second-order valence-electron chi connectivity index (χ2n) is 6.91. The molecule has 0 radical (unpaired) electrons. The molecule has 2 aromatic rings. The van der Waals surface area contributed by atoms with E-state index >= 15 is 0 Å². The van der Waals surface area contributed by atoms with Crippen LogP contribution in [0.4, 0.5) is 4.39 Å². The summed E-state index contributed by atoms with van der Waals surface area (Å²) in [6, 6.07) is 13.2. The molecule has 0 aliphatic rings. The summed E-state index contributed by atoms with van der Waals surface area (Å²) >= 11 is 1.68. The summed E-state index contributed by atoms with van der Waals surface area (Å²) in [4.78, 5) is 6.49. The third kappa shape index (κ3) is 7.96. The number of likely N-dealkylation sites (N-methyl/N-ethyl adjacent to an activating group) is 1. The molecule has 166 valence electrons. The maximum atomic E-state index is 13.6. The topological polar surface area (TPSA) is 48.9 Å². The van der Waals surface area contributed by atoms with Gasteiger partial charge in [-0.3, -0.25) is 4.99 Å². The standard InChI is InChI=1S/C22H31FN4OS.HI/c1-24-22(25-13-17-9-10-19(23)11-18(17)15-29-5)26-14-21(27(2)3)16-7-6-8-20(12-16)28-4;/h6-12,21H,13-15H2,1-5H3,(H2,24,25,26);1H. The number of nitrogens with zero attached hydrogens (tertiary/aromatic N) is 2. The fourth-order valence-electron chi connectivity index (χ4n) is 3.10. The first kappa shape index (κ1) is 26.5. The third-order valence-corrected chi connectivity index (χ3v) is 5.30. The molecular formula is C22H32FIN4OS. The third-order valence-electron chi connectivity index (χ3n) is 4.70. The Morgan fingerprint density at radius 2 is 1.93 bits per heavy atom. The van der Waals surface area contributed by atoms with E-state index in [0.29, 0.717) is 19.0 Å². The van der Waals surface area contributed by atoms with Crippen LogP contribution in [0.3, 0.4) is 0 Å². The Bertz CT molecular complexity index is 819. The van der Waals surface area contributed by atoms with Gasteiger partial charge in [-0.25, -0.2) is 4.39 Å². The zero-order valence-electron chi connectivity index (χ0n) is 18.2. The highest BCUT2D eigenvalue weighted by Crippen LogP contribution is 2.22. The predicted octanol–water partition coefficient (Wildman–Crippen LogP) is 4.28. The molecule has 1 atom stereocenters. The van der Waals surface area contributed by atoms with Crippen molar-refractivity contribution in [3.05, 3.63) is 65.0 Å². The molecule has 1 unspecified atom stereocenters. The van der Waals surface area contributed by atoms with Crippen molar-refractivity contribution >= 4 is 41.7 Å². The zero-order chi connectivity index (χ0) is 21.2. The Morgan fingerprint density at radius 1 is 1.17 bits per heavy atom. The van der Waals surface area contributed by atoms with Gasteiger partial charge in [0.1, 0.15) is 11.6 Å². The normalized spacial score (nSPS) is 12.3. The van der Waals surface area contributed by atoms with Crippen LogP contribution in [-0.4, -0.2) is 51.9 Å². The van der Waals surface area contributed by atoms with Gasteiger partial charge in [-0.15, -0.1) is 24.0 Å². The molecule has 0 aliphatic carbocycles. The number of halogens is 2. The quantitative estimate of drug-likeness (QED) is 0.280. The summed E-state index contributed by atoms with van der Waals surface area (Å²) in [5.74, 6) is 2.13. The molecule has 0 fully saturated rings. The van der Waals surface area contributed by atoms with Gasteiger partial charge in [-0.1, -0.05) is 18.2 Å². The largest absolute Gasteiger partial charge is 0.497 e. The van der Waals surface area contributed by atoms with E-state index in [2.05, 4.69) is 46.8 Å². The van der Waals surface area contributed by atoms with E-state index in [1.807, 2.05) is 24.5 Å². The molecule has 0 aromatic heterocycles. The molecule has 30 heavy (non-hydrogen) atoms. The van der Waals surface area contributed by atoms with Crippen LogP contribution < -0.4 is 15.4 Å². The minimum absolute atomic E-state index is 0. The number of methoxy groups -OCH3 is 1. The van der Waals surface area contributed by atoms with Gasteiger partial charge in [0.25, 0.3) is 0 Å². The summed E-state index contributed by atoms with van der Waals surface area (Å²) in [6.45, 7) is 1.27. The minimum atomic E-state index is -0.201. The molecule has 8 heteroatoms. The van der Waals surface area contributed by atoms with Crippen molar-refractivity contribution in [2.75, 3.05) is 41.1 Å². The number of benzene rings is 2. The van der Waals surface area contributed by atoms with Crippen LogP contribution in [0.15, 0.2) is 47.5 Å². The highest BCUT2D eigenvalue weighted by atomic mass is 127. The Hall–Kier alpha value is -1.52. The Morgan fingerprint density at radius 3 is 2.57 bits per heavy atom. The lowest BCUT2D eigenvalue weighted by atomic mass is 10.1. The molecule has 2 aromatic carbocycles. The number of hydrogen-bond donors (Lipinski definition) is 2. The van der Waals surface area contributed by atoms with Crippen molar-refractivity contribution in [2.45, 2.75) is 18.3 Å². The van der Waals surface area contributed by atoms with Crippen LogP contribution in [0.25, 0.3) is 0 Å². The molecule has 0 saturated carbocycles. The van der Waals surface area contributed by atoms with Gasteiger partial charge in [0.2, 0.25) is 0 Å². The number of nitrogens with one attached hydrogen (secondary N) is 2. The van der Waals surface area contributed by atoms with Gasteiger partial charge in [0.05, 0.1) is 13.2 Å². The van der Waals surface area contributed by atoms with E-state index in [9.17, 15) is 4.39 Å². The number of guanidine groups is 1. The summed E-state index contributed by atoms with van der Waals surface area (Å²) in [7, 11) is 7.53. The second kappa shape index (κ2) is 13.7. The molecule has 0 spiro atoms. The number of thioether (sulfide) groups is 1. The van der Waals surface area contributed by atoms with Crippen LogP contribution in [0.5, 0.6) is 5.75 Å². The van der Waals surface area contributed by atoms with Crippen LogP contribution >= 0.6 is 35.7 Å². The second-order valence-corrected chi connectivity index (χ2v) is 7.77. The number of ether oxygens (including phenoxy) is 1. The molecule has 0 heterocycles. The lowest BCUT2D eigenvalue weighted by molar-refractivity contribution is 0.297. The Kier molecular flexibility index (Phi) is 12.1. The van der Waals surface area contributed by atoms with Crippen molar-refractivity contribution < 1.29 is 9.13 Å². The number of rotatable bonds is 9. The van der Waals surface area contributed by atoms with Crippen LogP contribution in [-0.2, 0) is 12.3 Å². The van der Waals surface area contributed by atoms with E-state index in [4.69, 9.17) is 4.74 Å². The van der Waals surface area contributed by atoms with Crippen LogP contribution in [0, 0.1) is 5.82 Å². The minimum Gasteiger partial charge on any atom is -0.497 e. The maximum absolute atomic E-state index is 13.6. The molecular weight excluding hydrogens is 514 g/mol. The van der Waals surface area contributed by atoms with Crippen molar-refractivity contribution in [1.29, 1.82) is 0 Å². The summed E-state index contributed by atoms with van der Waals surface area (Å²) in [6.07, 6.45) is 2.02. The lowest BCUT2D eigenvalue weighted by Gasteiger charge is -2.26. The van der Waals surface area contributed by atoms with Crippen molar-refractivity contribution in [3.8, 4) is 5.75 Å². The Balaban J connectivity index is 0.00000450. The van der Waals surface area contributed by atoms with E-state index < -0.39 is 0 Å². The highest BCUT2D eigenvalue weighted by molar-refractivity contribution is 14.0. The van der Waals surface area contributed by atoms with Crippen molar-refractivity contribution in [1.82, 2.24) is 15.5 Å². The first-order valence-electron chi connectivity index (χ1n) is 9.49. The summed E-state index contributed by atoms with van der Waals surface area (Å²) < 4.78 is 18.9. The SMILES string of the molecule is CN=C(NCc1ccc(F)cc1CSC)NCC(c1cccc(OC)c1)N(C)C.I. The van der Waals surface area contributed by atoms with Gasteiger partial charge in [0.15, 0.2) is 5.96 Å². The summed E-state index contributed by atoms with van der Waals surface area (Å²) in [5.41, 5.74) is 3.24. The first-order chi connectivity index (χ1) is 14.0. The van der Waals surface area contributed by atoms with Gasteiger partial charge >= 0.3 is 0 Å². The van der Waals surface area contributed by atoms with Gasteiger partial charge in [-0.2, -0.15) is 11.8 Å². The zero-order valence-corrected chi connectivity index (χ0v) is 21.4. The lowest BCUT2D eigenvalue weighted by Crippen LogP contribution is -2.41. The maximum Gasteiger partial charge on any atom is 0.191 e. The summed E-state index contributed by atoms with van der Waals surface area (Å²) in [5, 5.41) is 6.73. The average molecular weight is 546 g/mol. The van der Waals surface area contributed by atoms with Crippen molar-refractivity contribution in [3.63, 3.8) is 0 Å². The monoisotopic (exact) mass is 546 g/mol. The highest BCUT2D eigenvalue weighted by Gasteiger charge is 2.15. The fourth-order valence-corrected chi connectivity index (χ4v) is 3.68. The van der Waals surface area contributed by atoms with E-state index in [1.54, 1.807) is 32.0 Å². The molecule has 0 saturated heterocycles. The fraction of sp³-hybridized carbons (Fsp3) is 0.409. The predicted molar refractivity (Wildman–Crippen MR) is 137 cm³/mol. The first-order valence-corrected chi connectivity index (χ1v) is 10.9. The average Bonchev–Trinajstić information content (AvgIpc) is 2.71. The van der Waals surface area contributed by atoms with Crippen LogP contribution in [0.1, 0.15) is 22.7 Å². The number of hydrogen-bond acceptors (Lipinski definition) is 4. The molecule has 0 amide bonds. The van der Waals surface area contributed by atoms with Gasteiger partial charge in [0, 0.05) is 25.9 Å². The van der Waals surface area contributed by atoms with Crippen molar-refractivity contribution in [2.24, 2.45) is 4.99 Å². The smallest absolute Gasteiger partial charge is 0.191 e.